The maximum absolute atomic E-state index is 12.4. The number of sulfonamides is 1. The van der Waals surface area contributed by atoms with E-state index in [1.165, 1.54) is 24.3 Å². The molecule has 0 fully saturated rings. The van der Waals surface area contributed by atoms with E-state index in [-0.39, 0.29) is 23.5 Å². The van der Waals surface area contributed by atoms with Crippen LogP contribution in [-0.4, -0.2) is 27.0 Å². The summed E-state index contributed by atoms with van der Waals surface area (Å²) >= 11 is 3.30. The number of hydrogen-bond acceptors (Lipinski definition) is 4. The van der Waals surface area contributed by atoms with Crippen LogP contribution in [0.2, 0.25) is 0 Å². The summed E-state index contributed by atoms with van der Waals surface area (Å²) in [5, 5.41) is 2.84. The van der Waals surface area contributed by atoms with Crippen molar-refractivity contribution in [2.75, 3.05) is 11.3 Å². The second-order valence-electron chi connectivity index (χ2n) is 6.13. The van der Waals surface area contributed by atoms with Gasteiger partial charge in [0, 0.05) is 16.2 Å². The third-order valence-corrected chi connectivity index (χ3v) is 5.66. The number of ether oxygens (including phenoxy) is 1. The van der Waals surface area contributed by atoms with Crippen LogP contribution in [0.1, 0.15) is 26.7 Å². The molecule has 0 saturated carbocycles. The van der Waals surface area contributed by atoms with Crippen molar-refractivity contribution < 1.29 is 17.9 Å². The molecule has 2 N–H and O–H groups in total. The second-order valence-corrected chi connectivity index (χ2v) is 8.73. The fraction of sp³-hybridized carbons (Fsp3) is 0.316. The summed E-state index contributed by atoms with van der Waals surface area (Å²) < 4.78 is 33.6. The number of amides is 1. The van der Waals surface area contributed by atoms with Gasteiger partial charge in [-0.05, 0) is 61.9 Å². The number of rotatable bonds is 9. The highest BCUT2D eigenvalue weighted by Gasteiger charge is 2.14. The van der Waals surface area contributed by atoms with E-state index in [0.29, 0.717) is 11.4 Å². The molecule has 0 aliphatic carbocycles. The van der Waals surface area contributed by atoms with Crippen LogP contribution in [0.25, 0.3) is 0 Å². The van der Waals surface area contributed by atoms with E-state index in [0.717, 1.165) is 17.3 Å². The van der Waals surface area contributed by atoms with Gasteiger partial charge in [-0.1, -0.05) is 29.3 Å². The van der Waals surface area contributed by atoms with E-state index in [4.69, 9.17) is 4.74 Å². The standard InChI is InChI=1S/C19H23BrN2O4S/c1-3-4-14(2)21-19(23)13-26-17-9-11-18(12-10-17)27(24,25)22-16-7-5-15(20)6-8-16/h5-12,14,22H,3-4,13H2,1-2H3,(H,21,23). The van der Waals surface area contributed by atoms with Gasteiger partial charge in [-0.15, -0.1) is 0 Å². The lowest BCUT2D eigenvalue weighted by molar-refractivity contribution is -0.123. The summed E-state index contributed by atoms with van der Waals surface area (Å²) in [7, 11) is -3.70. The number of hydrogen-bond donors (Lipinski definition) is 2. The zero-order valence-electron chi connectivity index (χ0n) is 15.2. The Labute approximate surface area is 168 Å². The Morgan fingerprint density at radius 2 is 1.74 bits per heavy atom. The number of carbonyl (C=O) groups excluding carboxylic acids is 1. The number of carbonyl (C=O) groups is 1. The maximum Gasteiger partial charge on any atom is 0.261 e. The van der Waals surface area contributed by atoms with Gasteiger partial charge in [-0.25, -0.2) is 8.42 Å². The van der Waals surface area contributed by atoms with Gasteiger partial charge in [0.25, 0.3) is 15.9 Å². The Morgan fingerprint density at radius 3 is 2.33 bits per heavy atom. The zero-order valence-corrected chi connectivity index (χ0v) is 17.6. The predicted octanol–water partition coefficient (Wildman–Crippen LogP) is 3.93. The molecule has 0 aromatic heterocycles. The summed E-state index contributed by atoms with van der Waals surface area (Å²) in [6.45, 7) is 3.89. The SMILES string of the molecule is CCCC(C)NC(=O)COc1ccc(S(=O)(=O)Nc2ccc(Br)cc2)cc1. The first-order chi connectivity index (χ1) is 12.8. The lowest BCUT2D eigenvalue weighted by Gasteiger charge is -2.13. The molecule has 27 heavy (non-hydrogen) atoms. The molecular formula is C19H23BrN2O4S. The minimum absolute atomic E-state index is 0.100. The molecule has 0 bridgehead atoms. The second kappa shape index (κ2) is 9.75. The summed E-state index contributed by atoms with van der Waals surface area (Å²) in [5.41, 5.74) is 0.469. The van der Waals surface area contributed by atoms with Crippen molar-refractivity contribution in [3.8, 4) is 5.75 Å². The molecule has 0 spiro atoms. The summed E-state index contributed by atoms with van der Waals surface area (Å²) in [6.07, 6.45) is 1.90. The van der Waals surface area contributed by atoms with E-state index >= 15 is 0 Å². The molecule has 1 amide bonds. The minimum Gasteiger partial charge on any atom is -0.484 e. The molecule has 2 aromatic rings. The van der Waals surface area contributed by atoms with Crippen LogP contribution in [-0.2, 0) is 14.8 Å². The number of nitrogens with one attached hydrogen (secondary N) is 2. The van der Waals surface area contributed by atoms with Crippen molar-refractivity contribution in [3.63, 3.8) is 0 Å². The highest BCUT2D eigenvalue weighted by Crippen LogP contribution is 2.20. The van der Waals surface area contributed by atoms with Crippen LogP contribution in [0.3, 0.4) is 0 Å². The van der Waals surface area contributed by atoms with Crippen LogP contribution in [0, 0.1) is 0 Å². The highest BCUT2D eigenvalue weighted by atomic mass is 79.9. The van der Waals surface area contributed by atoms with E-state index < -0.39 is 10.0 Å². The monoisotopic (exact) mass is 454 g/mol. The topological polar surface area (TPSA) is 84.5 Å². The van der Waals surface area contributed by atoms with Gasteiger partial charge >= 0.3 is 0 Å². The number of benzene rings is 2. The lowest BCUT2D eigenvalue weighted by Crippen LogP contribution is -2.35. The summed E-state index contributed by atoms with van der Waals surface area (Å²) in [6, 6.07) is 12.9. The molecular weight excluding hydrogens is 432 g/mol. The van der Waals surface area contributed by atoms with E-state index in [9.17, 15) is 13.2 Å². The van der Waals surface area contributed by atoms with E-state index in [2.05, 4.69) is 32.9 Å². The van der Waals surface area contributed by atoms with Gasteiger partial charge in [0.1, 0.15) is 5.75 Å². The quantitative estimate of drug-likeness (QED) is 0.600. The zero-order chi connectivity index (χ0) is 19.9. The molecule has 1 unspecified atom stereocenters. The van der Waals surface area contributed by atoms with Crippen LogP contribution in [0.15, 0.2) is 57.9 Å². The molecule has 2 aromatic carbocycles. The van der Waals surface area contributed by atoms with Crippen molar-refractivity contribution in [2.45, 2.75) is 37.6 Å². The first kappa shape index (κ1) is 21.2. The largest absolute Gasteiger partial charge is 0.484 e. The molecule has 6 nitrogen and oxygen atoms in total. The number of anilines is 1. The van der Waals surface area contributed by atoms with Crippen LogP contribution >= 0.6 is 15.9 Å². The molecule has 0 aliphatic rings. The van der Waals surface area contributed by atoms with Gasteiger partial charge in [0.15, 0.2) is 6.61 Å². The van der Waals surface area contributed by atoms with Gasteiger partial charge in [0.05, 0.1) is 4.90 Å². The van der Waals surface area contributed by atoms with Gasteiger partial charge < -0.3 is 10.1 Å². The normalized spacial score (nSPS) is 12.3. The third kappa shape index (κ3) is 6.88. The fourth-order valence-corrected chi connectivity index (χ4v) is 3.74. The van der Waals surface area contributed by atoms with Crippen LogP contribution < -0.4 is 14.8 Å². The Morgan fingerprint density at radius 1 is 1.11 bits per heavy atom. The third-order valence-electron chi connectivity index (χ3n) is 3.73. The van der Waals surface area contributed by atoms with Gasteiger partial charge in [-0.2, -0.15) is 0 Å². The smallest absolute Gasteiger partial charge is 0.261 e. The maximum atomic E-state index is 12.4. The molecule has 0 saturated heterocycles. The Kier molecular flexibility index (Phi) is 7.67. The minimum atomic E-state index is -3.70. The summed E-state index contributed by atoms with van der Waals surface area (Å²) in [4.78, 5) is 11.9. The molecule has 0 aliphatic heterocycles. The molecule has 1 atom stereocenters. The Balaban J connectivity index is 1.93. The van der Waals surface area contributed by atoms with Crippen molar-refractivity contribution in [2.24, 2.45) is 0 Å². The van der Waals surface area contributed by atoms with E-state index in [1.54, 1.807) is 24.3 Å². The average Bonchev–Trinajstić information content (AvgIpc) is 2.62. The Bertz CT molecular complexity index is 852. The van der Waals surface area contributed by atoms with Crippen molar-refractivity contribution in [3.05, 3.63) is 53.0 Å². The van der Waals surface area contributed by atoms with Gasteiger partial charge in [-0.3, -0.25) is 9.52 Å². The van der Waals surface area contributed by atoms with Crippen molar-refractivity contribution in [1.29, 1.82) is 0 Å². The van der Waals surface area contributed by atoms with Gasteiger partial charge in [0.2, 0.25) is 0 Å². The molecule has 0 heterocycles. The molecule has 0 radical (unpaired) electrons. The highest BCUT2D eigenvalue weighted by molar-refractivity contribution is 9.10. The molecule has 2 rings (SSSR count). The van der Waals surface area contributed by atoms with Crippen molar-refractivity contribution in [1.82, 2.24) is 5.32 Å². The average molecular weight is 455 g/mol. The summed E-state index contributed by atoms with van der Waals surface area (Å²) in [5.74, 6) is 0.223. The fourth-order valence-electron chi connectivity index (χ4n) is 2.42. The first-order valence-electron chi connectivity index (χ1n) is 8.61. The van der Waals surface area contributed by atoms with Crippen LogP contribution in [0.5, 0.6) is 5.75 Å². The molecule has 8 heteroatoms. The molecule has 146 valence electrons. The van der Waals surface area contributed by atoms with Crippen molar-refractivity contribution >= 4 is 37.5 Å². The van der Waals surface area contributed by atoms with E-state index in [1.807, 2.05) is 6.92 Å². The lowest BCUT2D eigenvalue weighted by atomic mass is 10.2. The Hall–Kier alpha value is -2.06. The first-order valence-corrected chi connectivity index (χ1v) is 10.9. The van der Waals surface area contributed by atoms with Crippen LogP contribution in [0.4, 0.5) is 5.69 Å². The predicted molar refractivity (Wildman–Crippen MR) is 109 cm³/mol. The number of halogens is 1.